The maximum absolute atomic E-state index is 9.54. The van der Waals surface area contributed by atoms with Gasteiger partial charge in [-0.05, 0) is 12.8 Å². The van der Waals surface area contributed by atoms with E-state index in [1.165, 1.54) is 0 Å². The largest absolute Gasteiger partial charge is 0.291 e. The minimum Gasteiger partial charge on any atom is -0.291 e. The number of carbonyl (C=O) groups excluding carboxylic acids is 1. The maximum atomic E-state index is 9.54. The molecule has 0 amide bonds. The van der Waals surface area contributed by atoms with Crippen molar-refractivity contribution in [2.45, 2.75) is 26.2 Å². The Bertz CT molecular complexity index is 41.4. The van der Waals surface area contributed by atoms with Gasteiger partial charge < -0.3 is 0 Å². The second-order valence-corrected chi connectivity index (χ2v) is 1.44. The van der Waals surface area contributed by atoms with Crippen LogP contribution in [0.3, 0.4) is 0 Å². The van der Waals surface area contributed by atoms with E-state index in [2.05, 4.69) is 6.42 Å². The molecule has 0 aromatic heterocycles. The molecule has 0 N–H and O–H groups in total. The lowest BCUT2D eigenvalue weighted by molar-refractivity contribution is 0.548. The zero-order chi connectivity index (χ0) is 5.54. The van der Waals surface area contributed by atoms with E-state index in [1.54, 1.807) is 0 Å². The SMILES string of the molecule is C[CH]CCC[C]=O. The van der Waals surface area contributed by atoms with Gasteiger partial charge in [-0.2, -0.15) is 0 Å². The van der Waals surface area contributed by atoms with Gasteiger partial charge in [0.2, 0.25) is 0 Å². The van der Waals surface area contributed by atoms with E-state index < -0.39 is 0 Å². The van der Waals surface area contributed by atoms with Crippen LogP contribution in [0, 0.1) is 6.42 Å². The van der Waals surface area contributed by atoms with Crippen LogP contribution in [0.25, 0.3) is 0 Å². The minimum absolute atomic E-state index is 0.588. The van der Waals surface area contributed by atoms with E-state index in [-0.39, 0.29) is 0 Å². The van der Waals surface area contributed by atoms with Gasteiger partial charge in [0.15, 0.2) is 6.29 Å². The molecule has 0 fully saturated rings. The Morgan fingerprint density at radius 3 is 2.86 bits per heavy atom. The van der Waals surface area contributed by atoms with E-state index in [0.717, 1.165) is 12.8 Å². The number of rotatable bonds is 4. The summed E-state index contributed by atoms with van der Waals surface area (Å²) in [6.07, 6.45) is 6.47. The molecule has 0 aromatic rings. The monoisotopic (exact) mass is 98.1 g/mol. The summed E-state index contributed by atoms with van der Waals surface area (Å²) in [5, 5.41) is 0. The van der Waals surface area contributed by atoms with Crippen molar-refractivity contribution < 1.29 is 4.79 Å². The molecule has 7 heavy (non-hydrogen) atoms. The summed E-state index contributed by atoms with van der Waals surface area (Å²) in [6, 6.07) is 0. The molecule has 0 atom stereocenters. The van der Waals surface area contributed by atoms with Crippen molar-refractivity contribution in [3.05, 3.63) is 6.42 Å². The van der Waals surface area contributed by atoms with Crippen molar-refractivity contribution >= 4 is 6.29 Å². The van der Waals surface area contributed by atoms with Gasteiger partial charge in [-0.1, -0.05) is 13.3 Å². The fraction of sp³-hybridized carbons (Fsp3) is 0.667. The molecule has 0 saturated heterocycles. The van der Waals surface area contributed by atoms with Crippen LogP contribution in [0.2, 0.25) is 0 Å². The molecule has 0 aliphatic carbocycles. The fourth-order valence-corrected chi connectivity index (χ4v) is 0.378. The molecule has 40 valence electrons. The first-order valence-electron chi connectivity index (χ1n) is 2.54. The molecule has 1 nitrogen and oxygen atoms in total. The highest BCUT2D eigenvalue weighted by atomic mass is 16.1. The molecule has 0 unspecified atom stereocenters. The molecule has 1 heteroatoms. The fourth-order valence-electron chi connectivity index (χ4n) is 0.378. The molecule has 0 aromatic carbocycles. The van der Waals surface area contributed by atoms with Gasteiger partial charge in [-0.3, -0.25) is 4.79 Å². The summed E-state index contributed by atoms with van der Waals surface area (Å²) >= 11 is 0. The third-order valence-corrected chi connectivity index (χ3v) is 0.772. The van der Waals surface area contributed by atoms with Gasteiger partial charge in [0.25, 0.3) is 0 Å². The Morgan fingerprint density at radius 1 is 1.71 bits per heavy atom. The van der Waals surface area contributed by atoms with E-state index >= 15 is 0 Å². The standard InChI is InChI=1S/C6H10O/c1-2-3-4-5-6-7/h2H,3-5H2,1H3. The van der Waals surface area contributed by atoms with Crippen molar-refractivity contribution in [2.75, 3.05) is 0 Å². The van der Waals surface area contributed by atoms with Crippen LogP contribution < -0.4 is 0 Å². The van der Waals surface area contributed by atoms with Gasteiger partial charge in [-0.15, -0.1) is 0 Å². The predicted octanol–water partition coefficient (Wildman–Crippen LogP) is 1.49. The van der Waals surface area contributed by atoms with Crippen LogP contribution in [0.4, 0.5) is 0 Å². The summed E-state index contributed by atoms with van der Waals surface area (Å²) in [5.41, 5.74) is 0. The Labute approximate surface area is 44.7 Å². The highest BCUT2D eigenvalue weighted by Gasteiger charge is 1.81. The van der Waals surface area contributed by atoms with Crippen LogP contribution in [-0.2, 0) is 4.79 Å². The summed E-state index contributed by atoms with van der Waals surface area (Å²) in [6.45, 7) is 1.99. The van der Waals surface area contributed by atoms with Crippen LogP contribution in [0.15, 0.2) is 0 Å². The Kier molecular flexibility index (Phi) is 5.40. The zero-order valence-corrected chi connectivity index (χ0v) is 4.61. The molecule has 0 aliphatic rings. The first kappa shape index (κ1) is 6.67. The van der Waals surface area contributed by atoms with Gasteiger partial charge in [0.1, 0.15) is 0 Å². The van der Waals surface area contributed by atoms with Crippen molar-refractivity contribution in [1.82, 2.24) is 0 Å². The first-order valence-corrected chi connectivity index (χ1v) is 2.54. The van der Waals surface area contributed by atoms with Crippen LogP contribution in [0.1, 0.15) is 26.2 Å². The highest BCUT2D eigenvalue weighted by Crippen LogP contribution is 1.93. The smallest absolute Gasteiger partial charge is 0.198 e. The number of unbranched alkanes of at least 4 members (excludes halogenated alkanes) is 3. The second kappa shape index (κ2) is 5.67. The number of hydrogen-bond acceptors (Lipinski definition) is 1. The Hall–Kier alpha value is -0.330. The zero-order valence-electron chi connectivity index (χ0n) is 4.61. The summed E-state index contributed by atoms with van der Waals surface area (Å²) in [5.74, 6) is 0. The van der Waals surface area contributed by atoms with Gasteiger partial charge in [0.05, 0.1) is 0 Å². The summed E-state index contributed by atoms with van der Waals surface area (Å²) in [7, 11) is 0. The van der Waals surface area contributed by atoms with Gasteiger partial charge in [-0.25, -0.2) is 0 Å². The van der Waals surface area contributed by atoms with Crippen molar-refractivity contribution in [1.29, 1.82) is 0 Å². The third kappa shape index (κ3) is 5.67. The van der Waals surface area contributed by atoms with Crippen molar-refractivity contribution in [3.63, 3.8) is 0 Å². The van der Waals surface area contributed by atoms with Crippen molar-refractivity contribution in [2.24, 2.45) is 0 Å². The Balaban J connectivity index is 2.56. The number of hydrogen-bond donors (Lipinski definition) is 0. The van der Waals surface area contributed by atoms with Crippen molar-refractivity contribution in [3.8, 4) is 0 Å². The maximum Gasteiger partial charge on any atom is 0.198 e. The first-order chi connectivity index (χ1) is 3.41. The lowest BCUT2D eigenvalue weighted by Gasteiger charge is -1.84. The predicted molar refractivity (Wildman–Crippen MR) is 29.5 cm³/mol. The normalized spacial score (nSPS) is 8.71. The molecule has 0 spiro atoms. The topological polar surface area (TPSA) is 17.1 Å². The van der Waals surface area contributed by atoms with Crippen LogP contribution in [0.5, 0.6) is 0 Å². The molecular formula is C6H10O. The van der Waals surface area contributed by atoms with Crippen LogP contribution >= 0.6 is 0 Å². The lowest BCUT2D eigenvalue weighted by atomic mass is 10.2. The van der Waals surface area contributed by atoms with Gasteiger partial charge >= 0.3 is 0 Å². The molecule has 0 heterocycles. The lowest BCUT2D eigenvalue weighted by Crippen LogP contribution is -1.74. The second-order valence-electron chi connectivity index (χ2n) is 1.44. The molecule has 0 rings (SSSR count). The molecule has 0 aliphatic heterocycles. The van der Waals surface area contributed by atoms with E-state index in [0.29, 0.717) is 6.42 Å². The van der Waals surface area contributed by atoms with E-state index in [1.807, 2.05) is 13.2 Å². The average Bonchev–Trinajstić information content (AvgIpc) is 1.69. The molecule has 0 saturated carbocycles. The summed E-state index contributed by atoms with van der Waals surface area (Å²) < 4.78 is 0. The summed E-state index contributed by atoms with van der Waals surface area (Å²) in [4.78, 5) is 9.54. The van der Waals surface area contributed by atoms with E-state index in [4.69, 9.17) is 0 Å². The average molecular weight is 98.1 g/mol. The van der Waals surface area contributed by atoms with Crippen LogP contribution in [-0.4, -0.2) is 6.29 Å². The highest BCUT2D eigenvalue weighted by molar-refractivity contribution is 5.50. The minimum atomic E-state index is 0.588. The quantitative estimate of drug-likeness (QED) is 0.487. The third-order valence-electron chi connectivity index (χ3n) is 0.772. The van der Waals surface area contributed by atoms with E-state index in [9.17, 15) is 4.79 Å². The molecular weight excluding hydrogens is 88.1 g/mol. The molecule has 2 radical (unpaired) electrons. The molecule has 0 bridgehead atoms. The van der Waals surface area contributed by atoms with Gasteiger partial charge in [0, 0.05) is 6.42 Å². The Morgan fingerprint density at radius 2 is 2.43 bits per heavy atom.